The monoisotopic (exact) mass is 285 g/mol. The molecule has 0 aliphatic carbocycles. The molecular formula is C15H21F2NO2. The Labute approximate surface area is 118 Å². The zero-order valence-electron chi connectivity index (χ0n) is 11.9. The van der Waals surface area contributed by atoms with E-state index in [1.54, 1.807) is 12.1 Å². The fraction of sp³-hybridized carbons (Fsp3) is 0.600. The van der Waals surface area contributed by atoms with E-state index in [1.165, 1.54) is 6.42 Å². The van der Waals surface area contributed by atoms with Crippen molar-refractivity contribution in [2.24, 2.45) is 0 Å². The summed E-state index contributed by atoms with van der Waals surface area (Å²) in [7, 11) is 0. The summed E-state index contributed by atoms with van der Waals surface area (Å²) < 4.78 is 34.6. The molecule has 3 nitrogen and oxygen atoms in total. The third kappa shape index (κ3) is 3.82. The van der Waals surface area contributed by atoms with Crippen molar-refractivity contribution in [2.45, 2.75) is 45.3 Å². The number of hydrogen-bond acceptors (Lipinski definition) is 3. The summed E-state index contributed by atoms with van der Waals surface area (Å²) in [6.07, 6.45) is 3.13. The average molecular weight is 285 g/mol. The highest BCUT2D eigenvalue weighted by Gasteiger charge is 2.28. The molecule has 0 spiro atoms. The molecule has 1 fully saturated rings. The van der Waals surface area contributed by atoms with Gasteiger partial charge in [0.05, 0.1) is 6.61 Å². The van der Waals surface area contributed by atoms with Gasteiger partial charge in [-0.3, -0.25) is 0 Å². The fourth-order valence-electron chi connectivity index (χ4n) is 2.68. The highest BCUT2D eigenvalue weighted by atomic mass is 19.3. The second kappa shape index (κ2) is 6.39. The Balaban J connectivity index is 2.16. The summed E-state index contributed by atoms with van der Waals surface area (Å²) >= 11 is 0. The summed E-state index contributed by atoms with van der Waals surface area (Å²) in [6.45, 7) is 2.61. The summed E-state index contributed by atoms with van der Waals surface area (Å²) in [6, 6.07) is 5.18. The van der Waals surface area contributed by atoms with Crippen LogP contribution in [0.5, 0.6) is 11.5 Å². The van der Waals surface area contributed by atoms with Crippen molar-refractivity contribution in [1.29, 1.82) is 0 Å². The maximum Gasteiger partial charge on any atom is 0.387 e. The first-order valence-electron chi connectivity index (χ1n) is 6.98. The molecule has 1 aliphatic heterocycles. The number of hydrogen-bond donors (Lipinski definition) is 1. The van der Waals surface area contributed by atoms with Gasteiger partial charge in [0, 0.05) is 5.54 Å². The average Bonchev–Trinajstić information content (AvgIpc) is 2.79. The SMILES string of the molecule is CCOc1cc(CC2(C)CCCN2)ccc1OC(F)F. The van der Waals surface area contributed by atoms with E-state index >= 15 is 0 Å². The molecule has 0 radical (unpaired) electrons. The van der Waals surface area contributed by atoms with Gasteiger partial charge in [0.2, 0.25) is 0 Å². The van der Waals surface area contributed by atoms with Crippen molar-refractivity contribution < 1.29 is 18.3 Å². The molecule has 112 valence electrons. The van der Waals surface area contributed by atoms with Crippen LogP contribution in [0.25, 0.3) is 0 Å². The lowest BCUT2D eigenvalue weighted by Gasteiger charge is -2.25. The zero-order chi connectivity index (χ0) is 14.6. The summed E-state index contributed by atoms with van der Waals surface area (Å²) in [5.41, 5.74) is 1.14. The van der Waals surface area contributed by atoms with Gasteiger partial charge in [-0.15, -0.1) is 0 Å². The van der Waals surface area contributed by atoms with Gasteiger partial charge in [-0.2, -0.15) is 8.78 Å². The van der Waals surface area contributed by atoms with E-state index in [2.05, 4.69) is 17.0 Å². The minimum Gasteiger partial charge on any atom is -0.490 e. The second-order valence-electron chi connectivity index (χ2n) is 5.36. The topological polar surface area (TPSA) is 30.5 Å². The predicted molar refractivity (Wildman–Crippen MR) is 73.6 cm³/mol. The van der Waals surface area contributed by atoms with Crippen LogP contribution in [-0.4, -0.2) is 25.3 Å². The van der Waals surface area contributed by atoms with E-state index < -0.39 is 6.61 Å². The number of nitrogens with one attached hydrogen (secondary N) is 1. The maximum absolute atomic E-state index is 12.3. The molecule has 1 aromatic rings. The van der Waals surface area contributed by atoms with Gasteiger partial charge in [0.25, 0.3) is 0 Å². The number of benzene rings is 1. The van der Waals surface area contributed by atoms with Crippen LogP contribution in [0.3, 0.4) is 0 Å². The molecule has 0 bridgehead atoms. The third-order valence-corrected chi connectivity index (χ3v) is 3.58. The summed E-state index contributed by atoms with van der Waals surface area (Å²) in [5.74, 6) is 0.474. The quantitative estimate of drug-likeness (QED) is 0.869. The first-order valence-corrected chi connectivity index (χ1v) is 6.98. The molecular weight excluding hydrogens is 264 g/mol. The van der Waals surface area contributed by atoms with Crippen molar-refractivity contribution in [1.82, 2.24) is 5.32 Å². The third-order valence-electron chi connectivity index (χ3n) is 3.58. The van der Waals surface area contributed by atoms with Crippen molar-refractivity contribution in [3.05, 3.63) is 23.8 Å². The lowest BCUT2D eigenvalue weighted by atomic mass is 9.91. The smallest absolute Gasteiger partial charge is 0.387 e. The number of halogens is 2. The predicted octanol–water partition coefficient (Wildman–Crippen LogP) is 3.37. The van der Waals surface area contributed by atoms with Crippen LogP contribution in [0.2, 0.25) is 0 Å². The van der Waals surface area contributed by atoms with Crippen LogP contribution >= 0.6 is 0 Å². The zero-order valence-corrected chi connectivity index (χ0v) is 11.9. The van der Waals surface area contributed by atoms with Crippen molar-refractivity contribution in [3.8, 4) is 11.5 Å². The first-order chi connectivity index (χ1) is 9.52. The highest BCUT2D eigenvalue weighted by molar-refractivity contribution is 5.43. The van der Waals surface area contributed by atoms with E-state index in [4.69, 9.17) is 4.74 Å². The minimum atomic E-state index is -2.84. The molecule has 1 saturated heterocycles. The molecule has 1 aliphatic rings. The molecule has 1 unspecified atom stereocenters. The van der Waals surface area contributed by atoms with Crippen LogP contribution in [0.15, 0.2) is 18.2 Å². The molecule has 1 aromatic carbocycles. The van der Waals surface area contributed by atoms with Crippen LogP contribution < -0.4 is 14.8 Å². The number of alkyl halides is 2. The van der Waals surface area contributed by atoms with E-state index in [-0.39, 0.29) is 11.3 Å². The highest BCUT2D eigenvalue weighted by Crippen LogP contribution is 2.32. The standard InChI is InChI=1S/C15H21F2NO2/c1-3-19-13-9-11(5-6-12(13)20-14(16)17)10-15(2)7-4-8-18-15/h5-6,9,14,18H,3-4,7-8,10H2,1-2H3. The van der Waals surface area contributed by atoms with E-state index in [9.17, 15) is 8.78 Å². The maximum atomic E-state index is 12.3. The van der Waals surface area contributed by atoms with Gasteiger partial charge in [-0.25, -0.2) is 0 Å². The van der Waals surface area contributed by atoms with Crippen molar-refractivity contribution in [2.75, 3.05) is 13.2 Å². The second-order valence-corrected chi connectivity index (χ2v) is 5.36. The van der Waals surface area contributed by atoms with Gasteiger partial charge in [0.1, 0.15) is 0 Å². The van der Waals surface area contributed by atoms with E-state index in [0.29, 0.717) is 12.4 Å². The van der Waals surface area contributed by atoms with Gasteiger partial charge in [-0.05, 0) is 57.4 Å². The lowest BCUT2D eigenvalue weighted by Crippen LogP contribution is -2.38. The van der Waals surface area contributed by atoms with Crippen LogP contribution in [0, 0.1) is 0 Å². The Hall–Kier alpha value is -1.36. The van der Waals surface area contributed by atoms with Crippen molar-refractivity contribution in [3.63, 3.8) is 0 Å². The Bertz CT molecular complexity index is 445. The fourth-order valence-corrected chi connectivity index (χ4v) is 2.68. The summed E-state index contributed by atoms with van der Waals surface area (Å²) in [4.78, 5) is 0. The molecule has 5 heteroatoms. The molecule has 0 amide bonds. The van der Waals surface area contributed by atoms with Gasteiger partial charge < -0.3 is 14.8 Å². The van der Waals surface area contributed by atoms with Crippen LogP contribution in [0.1, 0.15) is 32.3 Å². The molecule has 1 heterocycles. The Morgan fingerprint density at radius 3 is 2.75 bits per heavy atom. The van der Waals surface area contributed by atoms with Crippen LogP contribution in [-0.2, 0) is 6.42 Å². The van der Waals surface area contributed by atoms with E-state index in [0.717, 1.165) is 24.9 Å². The molecule has 0 aromatic heterocycles. The Kier molecular flexibility index (Phi) is 4.81. The summed E-state index contributed by atoms with van der Waals surface area (Å²) in [5, 5.41) is 3.49. The minimum absolute atomic E-state index is 0.0779. The van der Waals surface area contributed by atoms with E-state index in [1.807, 2.05) is 13.0 Å². The van der Waals surface area contributed by atoms with Crippen molar-refractivity contribution >= 4 is 0 Å². The first kappa shape index (κ1) is 15.0. The largest absolute Gasteiger partial charge is 0.490 e. The molecule has 1 N–H and O–H groups in total. The normalized spacial score (nSPS) is 22.2. The Morgan fingerprint density at radius 1 is 1.35 bits per heavy atom. The molecule has 20 heavy (non-hydrogen) atoms. The molecule has 1 atom stereocenters. The molecule has 0 saturated carbocycles. The lowest BCUT2D eigenvalue weighted by molar-refractivity contribution is -0.0514. The number of ether oxygens (including phenoxy) is 2. The Morgan fingerprint density at radius 2 is 2.15 bits per heavy atom. The van der Waals surface area contributed by atoms with Gasteiger partial charge >= 0.3 is 6.61 Å². The van der Waals surface area contributed by atoms with Gasteiger partial charge in [0.15, 0.2) is 11.5 Å². The number of rotatable bonds is 6. The van der Waals surface area contributed by atoms with Gasteiger partial charge in [-0.1, -0.05) is 6.07 Å². The molecule has 2 rings (SSSR count). The van der Waals surface area contributed by atoms with Crippen LogP contribution in [0.4, 0.5) is 8.78 Å².